The van der Waals surface area contributed by atoms with Crippen LogP contribution in [0.3, 0.4) is 0 Å². The van der Waals surface area contributed by atoms with E-state index in [1.807, 2.05) is 0 Å². The summed E-state index contributed by atoms with van der Waals surface area (Å²) in [7, 11) is 0. The second kappa shape index (κ2) is 2.32. The molecule has 0 spiro atoms. The minimum absolute atomic E-state index is 0.0991. The van der Waals surface area contributed by atoms with Crippen molar-refractivity contribution in [3.63, 3.8) is 0 Å². The molecule has 0 aromatic carbocycles. The Morgan fingerprint density at radius 3 is 2.67 bits per heavy atom. The Kier molecular flexibility index (Phi) is 1.59. The Bertz CT molecular complexity index is 220. The van der Waals surface area contributed by atoms with Crippen molar-refractivity contribution in [2.24, 2.45) is 11.3 Å². The van der Waals surface area contributed by atoms with Gasteiger partial charge in [0.2, 0.25) is 0 Å². The molecule has 3 atom stereocenters. The monoisotopic (exact) mass is 168 g/mol. The largest absolute Gasteiger partial charge is 0.367 e. The molecule has 0 aromatic heterocycles. The predicted molar refractivity (Wildman–Crippen MR) is 45.8 cm³/mol. The summed E-state index contributed by atoms with van der Waals surface area (Å²) in [6.07, 6.45) is 2.21. The summed E-state index contributed by atoms with van der Waals surface area (Å²) in [5.41, 5.74) is 0.0991. The lowest BCUT2D eigenvalue weighted by molar-refractivity contribution is -0.173. The highest BCUT2D eigenvalue weighted by Gasteiger charge is 2.58. The zero-order valence-electron chi connectivity index (χ0n) is 7.96. The van der Waals surface area contributed by atoms with Gasteiger partial charge in [-0.05, 0) is 19.8 Å². The molecule has 0 aromatic rings. The summed E-state index contributed by atoms with van der Waals surface area (Å²) in [6.45, 7) is 6.34. The minimum atomic E-state index is -0.111. The maximum atomic E-state index is 11.5. The highest BCUT2D eigenvalue weighted by molar-refractivity contribution is 5.93. The smallest absolute Gasteiger partial charge is 0.165 e. The lowest BCUT2D eigenvalue weighted by atomic mass is 9.58. The molecular formula is C10H16O2. The van der Waals surface area contributed by atoms with Crippen LogP contribution in [0.1, 0.15) is 33.6 Å². The topological polar surface area (TPSA) is 26.3 Å². The van der Waals surface area contributed by atoms with Gasteiger partial charge in [0, 0.05) is 11.3 Å². The average molecular weight is 168 g/mol. The molecule has 1 aliphatic carbocycles. The quantitative estimate of drug-likeness (QED) is 0.551. The van der Waals surface area contributed by atoms with Crippen molar-refractivity contribution in [3.8, 4) is 0 Å². The first kappa shape index (κ1) is 8.24. The van der Waals surface area contributed by atoms with Crippen molar-refractivity contribution in [3.05, 3.63) is 0 Å². The van der Waals surface area contributed by atoms with Gasteiger partial charge in [0.1, 0.15) is 6.10 Å². The van der Waals surface area contributed by atoms with E-state index in [-0.39, 0.29) is 23.5 Å². The Labute approximate surface area is 73.3 Å². The number of carbonyl (C=O) groups is 1. The number of fused-ring (bicyclic) bond motifs is 3. The Hall–Kier alpha value is -0.370. The third-order valence-electron chi connectivity index (χ3n) is 3.41. The number of rotatable bonds is 0. The minimum Gasteiger partial charge on any atom is -0.367 e. The zero-order chi connectivity index (χ0) is 8.93. The zero-order valence-corrected chi connectivity index (χ0v) is 7.96. The fraction of sp³-hybridized carbons (Fsp3) is 0.900. The third kappa shape index (κ3) is 0.875. The molecule has 3 aliphatic rings. The van der Waals surface area contributed by atoms with Crippen LogP contribution in [-0.2, 0) is 9.53 Å². The maximum absolute atomic E-state index is 11.5. The molecule has 3 fully saturated rings. The van der Waals surface area contributed by atoms with Gasteiger partial charge in [0.25, 0.3) is 0 Å². The van der Waals surface area contributed by atoms with Crippen LogP contribution < -0.4 is 0 Å². The lowest BCUT2D eigenvalue weighted by Crippen LogP contribution is -2.58. The molecule has 2 heterocycles. The summed E-state index contributed by atoms with van der Waals surface area (Å²) in [4.78, 5) is 11.5. The van der Waals surface area contributed by atoms with E-state index in [0.717, 1.165) is 12.8 Å². The summed E-state index contributed by atoms with van der Waals surface area (Å²) in [5.74, 6) is 0.608. The third-order valence-corrected chi connectivity index (χ3v) is 3.41. The molecule has 0 amide bonds. The van der Waals surface area contributed by atoms with E-state index in [9.17, 15) is 4.79 Å². The fourth-order valence-corrected chi connectivity index (χ4v) is 2.46. The van der Waals surface area contributed by atoms with E-state index < -0.39 is 0 Å². The molecule has 2 saturated heterocycles. The standard InChI is InChI=1S/C10H16O2/c1-6-4-5-7-8(11)9(12-6)10(7,2)3/h6-7,9H,4-5H2,1-3H3/t6-,7-,9+/m0/s1. The van der Waals surface area contributed by atoms with Crippen LogP contribution in [0.25, 0.3) is 0 Å². The Morgan fingerprint density at radius 1 is 1.42 bits per heavy atom. The summed E-state index contributed by atoms with van der Waals surface area (Å²) in [5, 5.41) is 0. The Morgan fingerprint density at radius 2 is 2.08 bits per heavy atom. The first-order chi connectivity index (χ1) is 5.53. The normalized spacial score (nSPS) is 44.9. The number of hydrogen-bond acceptors (Lipinski definition) is 2. The summed E-state index contributed by atoms with van der Waals surface area (Å²) in [6, 6.07) is 0. The average Bonchev–Trinajstić information content (AvgIpc) is 2.19. The van der Waals surface area contributed by atoms with Crippen LogP contribution in [-0.4, -0.2) is 18.0 Å². The van der Waals surface area contributed by atoms with E-state index in [4.69, 9.17) is 4.74 Å². The van der Waals surface area contributed by atoms with Crippen molar-refractivity contribution in [2.75, 3.05) is 0 Å². The van der Waals surface area contributed by atoms with E-state index in [1.54, 1.807) is 0 Å². The van der Waals surface area contributed by atoms with Crippen molar-refractivity contribution >= 4 is 5.78 Å². The van der Waals surface area contributed by atoms with E-state index in [0.29, 0.717) is 5.78 Å². The Balaban J connectivity index is 2.23. The molecule has 2 bridgehead atoms. The van der Waals surface area contributed by atoms with Gasteiger partial charge in [0.05, 0.1) is 6.10 Å². The first-order valence-electron chi connectivity index (χ1n) is 4.72. The number of ketones is 1. The molecule has 1 saturated carbocycles. The van der Waals surface area contributed by atoms with Crippen LogP contribution >= 0.6 is 0 Å². The van der Waals surface area contributed by atoms with Crippen LogP contribution in [0, 0.1) is 11.3 Å². The second-order valence-corrected chi connectivity index (χ2v) is 4.68. The van der Waals surface area contributed by atoms with Crippen molar-refractivity contribution in [1.29, 1.82) is 0 Å². The van der Waals surface area contributed by atoms with Gasteiger partial charge in [-0.2, -0.15) is 0 Å². The molecule has 0 N–H and O–H groups in total. The van der Waals surface area contributed by atoms with Gasteiger partial charge in [-0.25, -0.2) is 0 Å². The molecule has 2 aliphatic heterocycles. The van der Waals surface area contributed by atoms with E-state index in [1.165, 1.54) is 0 Å². The summed E-state index contributed by atoms with van der Waals surface area (Å²) < 4.78 is 5.66. The predicted octanol–water partition coefficient (Wildman–Crippen LogP) is 1.78. The highest BCUT2D eigenvalue weighted by Crippen LogP contribution is 2.50. The van der Waals surface area contributed by atoms with Crippen LogP contribution in [0.5, 0.6) is 0 Å². The van der Waals surface area contributed by atoms with Gasteiger partial charge in [-0.15, -0.1) is 0 Å². The number of carbonyl (C=O) groups excluding carboxylic acids is 1. The lowest BCUT2D eigenvalue weighted by Gasteiger charge is -2.47. The number of ether oxygens (including phenoxy) is 1. The van der Waals surface area contributed by atoms with Gasteiger partial charge >= 0.3 is 0 Å². The second-order valence-electron chi connectivity index (χ2n) is 4.68. The molecule has 68 valence electrons. The van der Waals surface area contributed by atoms with Gasteiger partial charge < -0.3 is 4.74 Å². The molecule has 0 unspecified atom stereocenters. The molecule has 2 heteroatoms. The molecule has 2 nitrogen and oxygen atoms in total. The highest BCUT2D eigenvalue weighted by atomic mass is 16.5. The van der Waals surface area contributed by atoms with Gasteiger partial charge in [-0.3, -0.25) is 4.79 Å². The van der Waals surface area contributed by atoms with Crippen LogP contribution in [0.4, 0.5) is 0 Å². The van der Waals surface area contributed by atoms with Crippen LogP contribution in [0.2, 0.25) is 0 Å². The fourth-order valence-electron chi connectivity index (χ4n) is 2.46. The molecule has 3 rings (SSSR count). The van der Waals surface area contributed by atoms with Crippen molar-refractivity contribution in [1.82, 2.24) is 0 Å². The maximum Gasteiger partial charge on any atom is 0.165 e. The first-order valence-corrected chi connectivity index (χ1v) is 4.72. The van der Waals surface area contributed by atoms with Crippen molar-refractivity contribution in [2.45, 2.75) is 45.8 Å². The molecular weight excluding hydrogens is 152 g/mol. The van der Waals surface area contributed by atoms with Gasteiger partial charge in [-0.1, -0.05) is 13.8 Å². The van der Waals surface area contributed by atoms with Gasteiger partial charge in [0.15, 0.2) is 5.78 Å². The summed E-state index contributed by atoms with van der Waals surface area (Å²) >= 11 is 0. The molecule has 12 heavy (non-hydrogen) atoms. The number of Topliss-reactive ketones (excluding diaryl/α,β-unsaturated/α-hetero) is 1. The molecule has 0 radical (unpaired) electrons. The SMILES string of the molecule is C[C@H]1CC[C@H]2C(=O)[C@@H](O1)C2(C)C. The van der Waals surface area contributed by atoms with E-state index >= 15 is 0 Å². The van der Waals surface area contributed by atoms with Crippen LogP contribution in [0.15, 0.2) is 0 Å². The van der Waals surface area contributed by atoms with Crippen molar-refractivity contribution < 1.29 is 9.53 Å². The van der Waals surface area contributed by atoms with E-state index in [2.05, 4.69) is 20.8 Å². The number of hydrogen-bond donors (Lipinski definition) is 0.